The molecule has 0 N–H and O–H groups in total. The van der Waals surface area contributed by atoms with Crippen molar-refractivity contribution in [2.24, 2.45) is 0 Å². The maximum absolute atomic E-state index is 7.28. The van der Waals surface area contributed by atoms with Crippen LogP contribution in [0.25, 0.3) is 44.2 Å². The third-order valence-electron chi connectivity index (χ3n) is 10.5. The number of hydrogen-bond donors (Lipinski definition) is 0. The summed E-state index contributed by atoms with van der Waals surface area (Å²) in [5.41, 5.74) is 15.3. The molecule has 49 heavy (non-hydrogen) atoms. The van der Waals surface area contributed by atoms with Crippen LogP contribution in [0, 0.1) is 0 Å². The van der Waals surface area contributed by atoms with E-state index in [4.69, 9.17) is 11.6 Å². The third-order valence-corrected chi connectivity index (χ3v) is 10.7. The first kappa shape index (κ1) is 28.2. The minimum atomic E-state index is -0.513. The predicted octanol–water partition coefficient (Wildman–Crippen LogP) is 13.0. The van der Waals surface area contributed by atoms with Gasteiger partial charge >= 0.3 is 0 Å². The lowest BCUT2D eigenvalue weighted by atomic mass is 9.70. The zero-order chi connectivity index (χ0) is 32.5. The van der Waals surface area contributed by atoms with Gasteiger partial charge in [0.25, 0.3) is 0 Å². The Morgan fingerprint density at radius 3 is 1.71 bits per heavy atom. The van der Waals surface area contributed by atoms with Crippen LogP contribution in [0.3, 0.4) is 0 Å². The molecule has 1 unspecified atom stereocenters. The molecule has 2 aliphatic rings. The van der Waals surface area contributed by atoms with E-state index in [1.165, 1.54) is 66.4 Å². The van der Waals surface area contributed by atoms with Crippen molar-refractivity contribution in [3.63, 3.8) is 0 Å². The van der Waals surface area contributed by atoms with Gasteiger partial charge in [0, 0.05) is 22.0 Å². The van der Waals surface area contributed by atoms with E-state index < -0.39 is 5.41 Å². The number of para-hydroxylation sites is 1. The molecular formula is C47H30ClN. The van der Waals surface area contributed by atoms with E-state index in [-0.39, 0.29) is 0 Å². The highest BCUT2D eigenvalue weighted by molar-refractivity contribution is 6.31. The smallest absolute Gasteiger partial charge is 0.0727 e. The molecule has 8 aromatic rings. The summed E-state index contributed by atoms with van der Waals surface area (Å²) in [7, 11) is 0. The van der Waals surface area contributed by atoms with Crippen molar-refractivity contribution < 1.29 is 0 Å². The molecule has 0 fully saturated rings. The molecule has 0 heterocycles. The molecule has 0 saturated heterocycles. The van der Waals surface area contributed by atoms with Crippen molar-refractivity contribution in [2.45, 2.75) is 5.41 Å². The molecule has 0 saturated carbocycles. The summed E-state index contributed by atoms with van der Waals surface area (Å²) in [5, 5.41) is 3.25. The van der Waals surface area contributed by atoms with Gasteiger partial charge in [0.2, 0.25) is 0 Å². The quantitative estimate of drug-likeness (QED) is 0.184. The van der Waals surface area contributed by atoms with Gasteiger partial charge in [-0.2, -0.15) is 0 Å². The van der Waals surface area contributed by atoms with Gasteiger partial charge in [-0.15, -0.1) is 0 Å². The van der Waals surface area contributed by atoms with E-state index in [2.05, 4.69) is 187 Å². The number of rotatable bonds is 4. The first-order valence-corrected chi connectivity index (χ1v) is 17.2. The van der Waals surface area contributed by atoms with E-state index in [1.54, 1.807) is 0 Å². The van der Waals surface area contributed by atoms with Gasteiger partial charge in [-0.25, -0.2) is 0 Å². The van der Waals surface area contributed by atoms with Crippen LogP contribution >= 0.6 is 11.6 Å². The largest absolute Gasteiger partial charge is 0.310 e. The topological polar surface area (TPSA) is 3.24 Å². The molecule has 0 bridgehead atoms. The average Bonchev–Trinajstić information content (AvgIpc) is 3.63. The summed E-state index contributed by atoms with van der Waals surface area (Å²) < 4.78 is 0. The van der Waals surface area contributed by atoms with Crippen molar-refractivity contribution in [1.29, 1.82) is 0 Å². The Bertz CT molecular complexity index is 2550. The van der Waals surface area contributed by atoms with Crippen LogP contribution in [0.4, 0.5) is 17.1 Å². The number of nitrogens with zero attached hydrogens (tertiary/aromatic N) is 1. The Kier molecular flexibility index (Phi) is 6.22. The number of hydrogen-bond acceptors (Lipinski definition) is 1. The highest BCUT2D eigenvalue weighted by Gasteiger charge is 2.53. The molecule has 0 aromatic heterocycles. The molecule has 1 atom stereocenters. The fraction of sp³-hybridized carbons (Fsp3) is 0.0213. The maximum Gasteiger partial charge on any atom is 0.0727 e. The molecule has 0 aliphatic heterocycles. The van der Waals surface area contributed by atoms with E-state index in [9.17, 15) is 0 Å². The van der Waals surface area contributed by atoms with Gasteiger partial charge in [-0.05, 0) is 97.2 Å². The van der Waals surface area contributed by atoms with Gasteiger partial charge < -0.3 is 4.90 Å². The average molecular weight is 644 g/mol. The Hall–Kier alpha value is -5.89. The molecule has 0 amide bonds. The molecule has 1 spiro atoms. The molecule has 2 heteroatoms. The highest BCUT2D eigenvalue weighted by Crippen LogP contribution is 2.65. The molecular weight excluding hydrogens is 614 g/mol. The second-order valence-corrected chi connectivity index (χ2v) is 13.4. The lowest BCUT2D eigenvalue weighted by Gasteiger charge is -2.32. The lowest BCUT2D eigenvalue weighted by Crippen LogP contribution is -2.26. The normalized spacial score (nSPS) is 15.1. The third kappa shape index (κ3) is 4.00. The van der Waals surface area contributed by atoms with E-state index in [1.807, 2.05) is 0 Å². The van der Waals surface area contributed by atoms with Gasteiger partial charge in [-0.1, -0.05) is 157 Å². The highest BCUT2D eigenvalue weighted by atomic mass is 35.5. The number of fused-ring (bicyclic) bond motifs is 12. The monoisotopic (exact) mass is 643 g/mol. The molecule has 8 aromatic carbocycles. The summed E-state index contributed by atoms with van der Waals surface area (Å²) in [5.74, 6) is 0. The fourth-order valence-electron chi connectivity index (χ4n) is 8.59. The second-order valence-electron chi connectivity index (χ2n) is 13.0. The van der Waals surface area contributed by atoms with Crippen LogP contribution < -0.4 is 4.90 Å². The first-order valence-electron chi connectivity index (χ1n) is 16.8. The Balaban J connectivity index is 1.28. The maximum atomic E-state index is 7.28. The molecule has 2 aliphatic carbocycles. The number of halogens is 1. The minimum Gasteiger partial charge on any atom is -0.310 e. The van der Waals surface area contributed by atoms with E-state index >= 15 is 0 Å². The Morgan fingerprint density at radius 1 is 0.408 bits per heavy atom. The number of anilines is 3. The van der Waals surface area contributed by atoms with Gasteiger partial charge in [0.05, 0.1) is 11.1 Å². The zero-order valence-electron chi connectivity index (χ0n) is 26.6. The van der Waals surface area contributed by atoms with Crippen LogP contribution in [0.5, 0.6) is 0 Å². The summed E-state index contributed by atoms with van der Waals surface area (Å²) in [6, 6.07) is 65.8. The fourth-order valence-corrected chi connectivity index (χ4v) is 8.80. The molecule has 1 nitrogen and oxygen atoms in total. The van der Waals surface area contributed by atoms with Crippen LogP contribution in [-0.2, 0) is 5.41 Å². The number of benzene rings is 8. The van der Waals surface area contributed by atoms with Crippen molar-refractivity contribution in [3.8, 4) is 33.4 Å². The van der Waals surface area contributed by atoms with E-state index in [0.29, 0.717) is 0 Å². The summed E-state index contributed by atoms with van der Waals surface area (Å²) in [6.07, 6.45) is 0. The van der Waals surface area contributed by atoms with Crippen LogP contribution in [0.2, 0.25) is 5.02 Å². The molecule has 10 rings (SSSR count). The SMILES string of the molecule is Clc1cc(N(c2ccccc2)c2ccc(-c3ccccc3)cc2)c2c(c1)C1(c3ccccc3-2)c2ccccc2-c2c1ccc1ccccc21. The van der Waals surface area contributed by atoms with E-state index in [0.717, 1.165) is 22.1 Å². The first-order chi connectivity index (χ1) is 24.2. The van der Waals surface area contributed by atoms with Crippen molar-refractivity contribution in [1.82, 2.24) is 0 Å². The molecule has 0 radical (unpaired) electrons. The van der Waals surface area contributed by atoms with Crippen LogP contribution in [-0.4, -0.2) is 0 Å². The van der Waals surface area contributed by atoms with Crippen molar-refractivity contribution >= 4 is 39.4 Å². The Morgan fingerprint density at radius 2 is 0.980 bits per heavy atom. The van der Waals surface area contributed by atoms with Crippen LogP contribution in [0.1, 0.15) is 22.3 Å². The molecule has 230 valence electrons. The standard InChI is InChI=1S/C47H30ClN/c48-34-29-43-46(44(30-34)49(35-16-5-2-6-17-35)36-26-23-32(24-27-36)31-13-3-1-4-14-31)39-20-10-12-22-41(39)47(43)40-21-11-9-19-38(40)45-37-18-8-7-15-33(37)25-28-42(45)47/h1-30H. The zero-order valence-corrected chi connectivity index (χ0v) is 27.4. The Labute approximate surface area is 291 Å². The summed E-state index contributed by atoms with van der Waals surface area (Å²) in [6.45, 7) is 0. The second kappa shape index (κ2) is 10.8. The minimum absolute atomic E-state index is 0.513. The van der Waals surface area contributed by atoms with Gasteiger partial charge in [0.15, 0.2) is 0 Å². The summed E-state index contributed by atoms with van der Waals surface area (Å²) >= 11 is 7.28. The van der Waals surface area contributed by atoms with Crippen molar-refractivity contribution in [3.05, 3.63) is 209 Å². The summed E-state index contributed by atoms with van der Waals surface area (Å²) in [4.78, 5) is 2.37. The predicted molar refractivity (Wildman–Crippen MR) is 205 cm³/mol. The van der Waals surface area contributed by atoms with Gasteiger partial charge in [0.1, 0.15) is 0 Å². The van der Waals surface area contributed by atoms with Crippen LogP contribution in [0.15, 0.2) is 182 Å². The lowest BCUT2D eigenvalue weighted by molar-refractivity contribution is 0.794. The van der Waals surface area contributed by atoms with Crippen molar-refractivity contribution in [2.75, 3.05) is 4.90 Å². The van der Waals surface area contributed by atoms with Gasteiger partial charge in [-0.3, -0.25) is 0 Å².